The highest BCUT2D eigenvalue weighted by Gasteiger charge is 1.53. The van der Waals surface area contributed by atoms with Gasteiger partial charge in [-0.3, -0.25) is 0 Å². The number of nitrogens with two attached hydrogens (primary N) is 2. The van der Waals surface area contributed by atoms with E-state index in [4.69, 9.17) is 0 Å². The summed E-state index contributed by atoms with van der Waals surface area (Å²) in [5.41, 5.74) is 9.24. The van der Waals surface area contributed by atoms with Gasteiger partial charge in [-0.1, -0.05) is 0 Å². The summed E-state index contributed by atoms with van der Waals surface area (Å²) in [6.07, 6.45) is 0. The van der Waals surface area contributed by atoms with Crippen molar-refractivity contribution in [1.29, 1.82) is 0 Å². The molecule has 0 fully saturated rings. The molecule has 0 radical (unpaired) electrons. The van der Waals surface area contributed by atoms with E-state index < -0.39 is 0 Å². The summed E-state index contributed by atoms with van der Waals surface area (Å²) in [7, 11) is 0. The van der Waals surface area contributed by atoms with Crippen LogP contribution in [0.25, 0.3) is 0 Å². The molecule has 0 unspecified atom stereocenters. The normalized spacial score (nSPS) is 4.80. The number of rotatable bonds is 0. The molecule has 0 amide bonds. The van der Waals surface area contributed by atoms with Gasteiger partial charge in [-0.05, 0) is 23.2 Å². The zero-order valence-electron chi connectivity index (χ0n) is 2.06. The molecule has 4 N–H and O–H groups in total. The van der Waals surface area contributed by atoms with Crippen molar-refractivity contribution in [2.45, 2.75) is 0 Å². The minimum Gasteiger partial charge on any atom is -0.377 e. The molecule has 0 heterocycles. The quantitative estimate of drug-likeness (QED) is 0.272. The molecule has 0 aliphatic carbocycles. The topological polar surface area (TPSA) is 52.0 Å². The van der Waals surface area contributed by atoms with E-state index in [1.807, 2.05) is 0 Å². The molecule has 0 saturated carbocycles. The van der Waals surface area contributed by atoms with Gasteiger partial charge in [-0.25, -0.2) is 0 Å². The molecule has 0 aromatic rings. The van der Waals surface area contributed by atoms with Gasteiger partial charge in [0.15, 0.2) is 5.11 Å². The molecule has 0 spiro atoms. The Balaban J connectivity index is 0. The van der Waals surface area contributed by atoms with Crippen molar-refractivity contribution in [3.8, 4) is 0 Å². The highest BCUT2D eigenvalue weighted by molar-refractivity contribution is 7.80. The van der Waals surface area contributed by atoms with Crippen molar-refractivity contribution in [2.24, 2.45) is 11.5 Å². The number of thiocarbonyl (C=S) groups is 1. The lowest BCUT2D eigenvalue weighted by Crippen LogP contribution is -2.18. The molecular weight excluding hydrogens is 100 g/mol. The fourth-order valence-corrected chi connectivity index (χ4v) is 0. The van der Waals surface area contributed by atoms with Crippen LogP contribution in [0.3, 0.4) is 0 Å². The van der Waals surface area contributed by atoms with Crippen LogP contribution in [-0.2, 0) is 0 Å². The lowest BCUT2D eigenvalue weighted by atomic mass is 11.3. The van der Waals surface area contributed by atoms with E-state index in [1.54, 1.807) is 0 Å². The van der Waals surface area contributed by atoms with E-state index in [2.05, 4.69) is 23.7 Å². The third-order valence-corrected chi connectivity index (χ3v) is 0. The second kappa shape index (κ2) is 3.91. The lowest BCUT2D eigenvalue weighted by Gasteiger charge is -1.68. The molecule has 5 heavy (non-hydrogen) atoms. The van der Waals surface area contributed by atoms with Crippen LogP contribution in [0.1, 0.15) is 0 Å². The predicted molar refractivity (Wildman–Crippen MR) is 32.3 cm³/mol. The summed E-state index contributed by atoms with van der Waals surface area (Å²) in [5.74, 6) is 0. The molecule has 0 aromatic carbocycles. The third kappa shape index (κ3) is 1640. The molecule has 0 aliphatic heterocycles. The Kier molecular flexibility index (Phi) is 6.93. The highest BCUT2D eigenvalue weighted by atomic mass is 32.1. The summed E-state index contributed by atoms with van der Waals surface area (Å²) in [5, 5.41) is 0.000000000000000222. The van der Waals surface area contributed by atoms with Crippen molar-refractivity contribution < 1.29 is 0 Å². The maximum absolute atomic E-state index is 4.62. The first-order valence-corrected chi connectivity index (χ1v) is 1.19. The average molecular weight is 108 g/mol. The molecule has 0 saturated heterocycles. The van der Waals surface area contributed by atoms with Gasteiger partial charge in [-0.15, -0.1) is 0 Å². The second-order valence-electron chi connectivity index (χ2n) is 0.402. The van der Waals surface area contributed by atoms with E-state index in [-0.39, 0.29) is 16.1 Å². The molecule has 0 bridgehead atoms. The number of hydrogen-bond acceptors (Lipinski definition) is 1. The maximum atomic E-state index is 4.62. The van der Waals surface area contributed by atoms with Crippen molar-refractivity contribution >= 4 is 28.3 Å². The number of hydrogen-bond donors (Lipinski definition) is 2. The van der Waals surface area contributed by atoms with Crippen LogP contribution in [0.5, 0.6) is 0 Å². The fourth-order valence-electron chi connectivity index (χ4n) is 0. The Morgan fingerprint density at radius 1 is 1.40 bits per heavy atom. The van der Waals surface area contributed by atoms with Gasteiger partial charge in [0.05, 0.1) is 0 Å². The molecule has 4 heteroatoms. The first kappa shape index (κ1) is 8.86. The van der Waals surface area contributed by atoms with Crippen LogP contribution >= 0.6 is 12.2 Å². The first-order valence-electron chi connectivity index (χ1n) is 0.781. The molecule has 0 aromatic heterocycles. The van der Waals surface area contributed by atoms with Crippen LogP contribution in [0.15, 0.2) is 0 Å². The third-order valence-electron chi connectivity index (χ3n) is 0. The van der Waals surface area contributed by atoms with Gasteiger partial charge < -0.3 is 11.5 Å². The Morgan fingerprint density at radius 2 is 1.40 bits per heavy atom. The predicted octanol–water partition coefficient (Wildman–Crippen LogP) is -2.26. The Hall–Kier alpha value is -0.0931. The monoisotopic (exact) mass is 108 g/mol. The molecule has 0 rings (SSSR count). The van der Waals surface area contributed by atoms with Gasteiger partial charge in [0, 0.05) is 0 Å². The second-order valence-corrected chi connectivity index (χ2v) is 0.874. The van der Waals surface area contributed by atoms with Gasteiger partial charge in [0.25, 0.3) is 0 Å². The molecule has 2 nitrogen and oxygen atoms in total. The van der Waals surface area contributed by atoms with E-state index in [0.717, 1.165) is 0 Å². The Morgan fingerprint density at radius 3 is 1.40 bits per heavy atom. The summed E-state index contributed by atoms with van der Waals surface area (Å²) in [6.45, 7) is 0. The van der Waals surface area contributed by atoms with Gasteiger partial charge in [0.2, 0.25) is 0 Å². The summed E-state index contributed by atoms with van der Waals surface area (Å²) in [6, 6.07) is 0. The van der Waals surface area contributed by atoms with Crippen molar-refractivity contribution in [2.75, 3.05) is 0 Å². The van der Waals surface area contributed by atoms with Gasteiger partial charge in [0.1, 0.15) is 0 Å². The lowest BCUT2D eigenvalue weighted by molar-refractivity contribution is 1.65. The molecular formula is CH8N2SSi. The standard InChI is InChI=1S/CH4N2S.H4Si/c2-1(3)4;/h(H4,2,3,4);1H4. The summed E-state index contributed by atoms with van der Waals surface area (Å²) in [4.78, 5) is 0. The van der Waals surface area contributed by atoms with Crippen molar-refractivity contribution in [1.82, 2.24) is 0 Å². The van der Waals surface area contributed by atoms with Crippen LogP contribution in [0, 0.1) is 0 Å². The van der Waals surface area contributed by atoms with E-state index in [1.165, 1.54) is 0 Å². The van der Waals surface area contributed by atoms with Gasteiger partial charge >= 0.3 is 0 Å². The van der Waals surface area contributed by atoms with Crippen LogP contribution in [-0.4, -0.2) is 16.1 Å². The zero-order valence-corrected chi connectivity index (χ0v) is 2.88. The van der Waals surface area contributed by atoms with Crippen molar-refractivity contribution in [3.05, 3.63) is 0 Å². The average Bonchev–Trinajstić information content (AvgIpc) is 0.811. The summed E-state index contributed by atoms with van der Waals surface area (Å²) >= 11 is 4.09. The van der Waals surface area contributed by atoms with Crippen LogP contribution in [0.4, 0.5) is 0 Å². The zero-order chi connectivity index (χ0) is 3.58. The summed E-state index contributed by atoms with van der Waals surface area (Å²) < 4.78 is 0. The minimum absolute atomic E-state index is 0. The fraction of sp³-hybridized carbons (Fsp3) is 0. The van der Waals surface area contributed by atoms with E-state index in [0.29, 0.717) is 0 Å². The SMILES string of the molecule is NC(N)=S.[SiH4]. The van der Waals surface area contributed by atoms with E-state index >= 15 is 0 Å². The smallest absolute Gasteiger partial charge is 0.160 e. The van der Waals surface area contributed by atoms with Gasteiger partial charge in [-0.2, -0.15) is 0 Å². The molecule has 0 atom stereocenters. The Bertz CT molecular complexity index is 32.6. The Labute approximate surface area is 40.6 Å². The largest absolute Gasteiger partial charge is 0.377 e. The molecule has 32 valence electrons. The van der Waals surface area contributed by atoms with Crippen molar-refractivity contribution in [3.63, 3.8) is 0 Å². The van der Waals surface area contributed by atoms with E-state index in [9.17, 15) is 0 Å². The van der Waals surface area contributed by atoms with Crippen LogP contribution < -0.4 is 11.5 Å². The molecule has 0 aliphatic rings. The first-order chi connectivity index (χ1) is 1.73. The van der Waals surface area contributed by atoms with Crippen LogP contribution in [0.2, 0.25) is 0 Å². The highest BCUT2D eigenvalue weighted by Crippen LogP contribution is 1.32. The minimum atomic E-state index is 0. The maximum Gasteiger partial charge on any atom is 0.160 e.